The zero-order valence-corrected chi connectivity index (χ0v) is 9.07. The Bertz CT molecular complexity index is 170. The number of aliphatic hydroxyl groups excluding tert-OH is 1. The molecule has 0 saturated heterocycles. The lowest BCUT2D eigenvalue weighted by molar-refractivity contribution is -0.127. The second kappa shape index (κ2) is 6.79. The van der Waals surface area contributed by atoms with Crippen LogP contribution < -0.4 is 11.5 Å². The van der Waals surface area contributed by atoms with Gasteiger partial charge in [0.15, 0.2) is 0 Å². The first-order valence-electron chi connectivity index (χ1n) is 5.34. The fourth-order valence-corrected chi connectivity index (χ4v) is 1.45. The quantitative estimate of drug-likeness (QED) is 0.615. The molecule has 14 heavy (non-hydrogen) atoms. The molecule has 1 aliphatic rings. The Morgan fingerprint density at radius 2 is 2.00 bits per heavy atom. The van der Waals surface area contributed by atoms with Gasteiger partial charge in [-0.1, -0.05) is 33.1 Å². The number of hydrogen-bond acceptors (Lipinski definition) is 3. The van der Waals surface area contributed by atoms with Crippen molar-refractivity contribution in [3.05, 3.63) is 0 Å². The minimum absolute atomic E-state index is 0.479. The fraction of sp³-hybridized carbons (Fsp3) is 0.900. The lowest BCUT2D eigenvalue weighted by atomic mass is 9.80. The van der Waals surface area contributed by atoms with Crippen LogP contribution in [-0.4, -0.2) is 23.2 Å². The van der Waals surface area contributed by atoms with Gasteiger partial charge in [0.1, 0.15) is 6.10 Å². The molecule has 1 amide bonds. The van der Waals surface area contributed by atoms with Crippen LogP contribution in [0, 0.1) is 5.92 Å². The van der Waals surface area contributed by atoms with Crippen LogP contribution in [0.5, 0.6) is 0 Å². The van der Waals surface area contributed by atoms with E-state index >= 15 is 0 Å². The Kier molecular flexibility index (Phi) is 6.49. The van der Waals surface area contributed by atoms with E-state index in [-0.39, 0.29) is 0 Å². The molecule has 1 rings (SSSR count). The molecule has 5 N–H and O–H groups in total. The number of primary amides is 1. The molecule has 2 atom stereocenters. The van der Waals surface area contributed by atoms with Gasteiger partial charge < -0.3 is 16.6 Å². The van der Waals surface area contributed by atoms with E-state index < -0.39 is 18.1 Å². The number of carbonyl (C=O) groups excluding carboxylic acids is 1. The highest BCUT2D eigenvalue weighted by Gasteiger charge is 2.26. The van der Waals surface area contributed by atoms with Crippen molar-refractivity contribution in [1.29, 1.82) is 0 Å². The van der Waals surface area contributed by atoms with Gasteiger partial charge in [-0.3, -0.25) is 4.79 Å². The Morgan fingerprint density at radius 1 is 1.50 bits per heavy atom. The predicted molar refractivity (Wildman–Crippen MR) is 56.5 cm³/mol. The molecule has 4 heteroatoms. The molecular formula is C10H22N2O2. The number of hydrogen-bond donors (Lipinski definition) is 3. The van der Waals surface area contributed by atoms with Gasteiger partial charge in [-0.15, -0.1) is 0 Å². The van der Waals surface area contributed by atoms with E-state index in [2.05, 4.69) is 0 Å². The topological polar surface area (TPSA) is 89.3 Å². The highest BCUT2D eigenvalue weighted by Crippen LogP contribution is 2.30. The molecule has 0 aromatic heterocycles. The Balaban J connectivity index is 0.000000791. The highest BCUT2D eigenvalue weighted by molar-refractivity contribution is 5.79. The predicted octanol–water partition coefficient (Wildman–Crippen LogP) is 0.376. The summed E-state index contributed by atoms with van der Waals surface area (Å²) in [6.07, 6.45) is 3.11. The van der Waals surface area contributed by atoms with Crippen LogP contribution in [0.4, 0.5) is 0 Å². The molecule has 1 aliphatic carbocycles. The van der Waals surface area contributed by atoms with Crippen molar-refractivity contribution < 1.29 is 9.90 Å². The number of nitrogens with two attached hydrogens (primary N) is 2. The standard InChI is InChI=1S/C8H16N2O2.C2H6/c9-6(7(11)8(10)12)4-5-2-1-3-5;1-2/h5-7,11H,1-4,9H2,(H2,10,12);1-2H3. The smallest absolute Gasteiger partial charge is 0.247 e. The number of amides is 1. The van der Waals surface area contributed by atoms with Crippen LogP contribution in [0.25, 0.3) is 0 Å². The number of aliphatic hydroxyl groups is 1. The molecule has 0 radical (unpaired) electrons. The normalized spacial score (nSPS) is 20.0. The lowest BCUT2D eigenvalue weighted by Gasteiger charge is -2.29. The molecule has 0 bridgehead atoms. The van der Waals surface area contributed by atoms with Gasteiger partial charge in [-0.2, -0.15) is 0 Å². The van der Waals surface area contributed by atoms with Gasteiger partial charge in [0.25, 0.3) is 0 Å². The van der Waals surface area contributed by atoms with E-state index in [0.29, 0.717) is 12.3 Å². The molecule has 1 fully saturated rings. The molecule has 0 spiro atoms. The van der Waals surface area contributed by atoms with Gasteiger partial charge in [0.2, 0.25) is 5.91 Å². The number of carbonyl (C=O) groups is 1. The molecule has 0 aliphatic heterocycles. The summed E-state index contributed by atoms with van der Waals surface area (Å²) in [6, 6.07) is -0.479. The monoisotopic (exact) mass is 202 g/mol. The van der Waals surface area contributed by atoms with Crippen molar-refractivity contribution in [2.75, 3.05) is 0 Å². The molecular weight excluding hydrogens is 180 g/mol. The average Bonchev–Trinajstić information content (AvgIpc) is 2.13. The van der Waals surface area contributed by atoms with Gasteiger partial charge >= 0.3 is 0 Å². The van der Waals surface area contributed by atoms with Crippen LogP contribution in [0.1, 0.15) is 39.5 Å². The van der Waals surface area contributed by atoms with E-state index in [4.69, 9.17) is 16.6 Å². The lowest BCUT2D eigenvalue weighted by Crippen LogP contribution is -2.45. The van der Waals surface area contributed by atoms with Crippen molar-refractivity contribution in [3.63, 3.8) is 0 Å². The minimum atomic E-state index is -1.18. The molecule has 2 unspecified atom stereocenters. The minimum Gasteiger partial charge on any atom is -0.382 e. The van der Waals surface area contributed by atoms with Gasteiger partial charge in [0, 0.05) is 6.04 Å². The molecule has 0 aromatic carbocycles. The van der Waals surface area contributed by atoms with E-state index in [1.807, 2.05) is 13.8 Å². The fourth-order valence-electron chi connectivity index (χ4n) is 1.45. The molecule has 0 aromatic rings. The van der Waals surface area contributed by atoms with Crippen LogP contribution in [0.2, 0.25) is 0 Å². The third-order valence-corrected chi connectivity index (χ3v) is 2.53. The van der Waals surface area contributed by atoms with Gasteiger partial charge in [0.05, 0.1) is 0 Å². The third kappa shape index (κ3) is 4.07. The Labute approximate surface area is 85.7 Å². The van der Waals surface area contributed by atoms with Crippen LogP contribution in [0.3, 0.4) is 0 Å². The maximum atomic E-state index is 10.5. The van der Waals surface area contributed by atoms with Crippen LogP contribution >= 0.6 is 0 Å². The highest BCUT2D eigenvalue weighted by atomic mass is 16.3. The van der Waals surface area contributed by atoms with Crippen LogP contribution in [0.15, 0.2) is 0 Å². The van der Waals surface area contributed by atoms with Gasteiger partial charge in [-0.25, -0.2) is 0 Å². The SMILES string of the molecule is CC.NC(=O)C(O)C(N)CC1CCC1. The molecule has 84 valence electrons. The van der Waals surface area contributed by atoms with E-state index in [9.17, 15) is 4.79 Å². The summed E-state index contributed by atoms with van der Waals surface area (Å²) in [6.45, 7) is 4.00. The Morgan fingerprint density at radius 3 is 2.29 bits per heavy atom. The van der Waals surface area contributed by atoms with Crippen molar-refractivity contribution in [1.82, 2.24) is 0 Å². The van der Waals surface area contributed by atoms with E-state index in [1.54, 1.807) is 0 Å². The summed E-state index contributed by atoms with van der Waals surface area (Å²) in [4.78, 5) is 10.5. The van der Waals surface area contributed by atoms with E-state index in [1.165, 1.54) is 19.3 Å². The second-order valence-corrected chi connectivity index (χ2v) is 3.54. The van der Waals surface area contributed by atoms with Crippen molar-refractivity contribution in [2.24, 2.45) is 17.4 Å². The first-order valence-corrected chi connectivity index (χ1v) is 5.34. The van der Waals surface area contributed by atoms with Crippen LogP contribution in [-0.2, 0) is 4.79 Å². The maximum Gasteiger partial charge on any atom is 0.247 e. The third-order valence-electron chi connectivity index (χ3n) is 2.53. The molecule has 1 saturated carbocycles. The summed E-state index contributed by atoms with van der Waals surface area (Å²) < 4.78 is 0. The average molecular weight is 202 g/mol. The van der Waals surface area contributed by atoms with Crippen molar-refractivity contribution in [2.45, 2.75) is 51.7 Å². The zero-order chi connectivity index (χ0) is 11.1. The zero-order valence-electron chi connectivity index (χ0n) is 9.07. The summed E-state index contributed by atoms with van der Waals surface area (Å²) in [5, 5.41) is 9.16. The second-order valence-electron chi connectivity index (χ2n) is 3.54. The van der Waals surface area contributed by atoms with Crippen molar-refractivity contribution >= 4 is 5.91 Å². The summed E-state index contributed by atoms with van der Waals surface area (Å²) >= 11 is 0. The molecule has 4 nitrogen and oxygen atoms in total. The first kappa shape index (κ1) is 13.4. The summed E-state index contributed by atoms with van der Waals surface area (Å²) in [7, 11) is 0. The maximum absolute atomic E-state index is 10.5. The largest absolute Gasteiger partial charge is 0.382 e. The van der Waals surface area contributed by atoms with Crippen molar-refractivity contribution in [3.8, 4) is 0 Å². The molecule has 0 heterocycles. The van der Waals surface area contributed by atoms with Gasteiger partial charge in [-0.05, 0) is 12.3 Å². The summed E-state index contributed by atoms with van der Waals surface area (Å²) in [5.41, 5.74) is 10.5. The van der Waals surface area contributed by atoms with E-state index in [0.717, 1.165) is 0 Å². The number of rotatable bonds is 4. The first-order chi connectivity index (χ1) is 6.61. The Hall–Kier alpha value is -0.610. The summed E-state index contributed by atoms with van der Waals surface area (Å²) in [5.74, 6) is -0.129.